The summed E-state index contributed by atoms with van der Waals surface area (Å²) in [6.07, 6.45) is 0.995. The molecular weight excluding hydrogens is 262 g/mol. The standard InChI is InChI=1S/C17H19N3O/c1-3-9-20-15-8-7-11(2)10-14(15)19-17(20)12-5-4-6-13(18)16(12)21/h4-8,10,21H,3,9,18H2,1-2H3. The minimum atomic E-state index is 0.0990. The van der Waals surface area contributed by atoms with E-state index in [1.165, 1.54) is 5.56 Å². The van der Waals surface area contributed by atoms with Gasteiger partial charge in [0.1, 0.15) is 11.6 Å². The number of phenols is 1. The number of hydrogen-bond donors (Lipinski definition) is 2. The van der Waals surface area contributed by atoms with E-state index in [4.69, 9.17) is 10.7 Å². The third-order valence-electron chi connectivity index (χ3n) is 3.66. The minimum Gasteiger partial charge on any atom is -0.505 e. The van der Waals surface area contributed by atoms with Crippen LogP contribution in [0, 0.1) is 6.92 Å². The molecule has 4 nitrogen and oxygen atoms in total. The summed E-state index contributed by atoms with van der Waals surface area (Å²) in [5.74, 6) is 0.865. The molecule has 21 heavy (non-hydrogen) atoms. The lowest BCUT2D eigenvalue weighted by Gasteiger charge is -2.10. The Morgan fingerprint density at radius 2 is 2.05 bits per heavy atom. The first-order chi connectivity index (χ1) is 10.1. The Morgan fingerprint density at radius 1 is 1.24 bits per heavy atom. The third kappa shape index (κ3) is 2.23. The molecule has 3 aromatic rings. The Morgan fingerprint density at radius 3 is 2.81 bits per heavy atom. The fourth-order valence-electron chi connectivity index (χ4n) is 2.64. The van der Waals surface area contributed by atoms with Crippen LogP contribution in [0.4, 0.5) is 5.69 Å². The van der Waals surface area contributed by atoms with Gasteiger partial charge < -0.3 is 15.4 Å². The summed E-state index contributed by atoms with van der Waals surface area (Å²) < 4.78 is 2.14. The highest BCUT2D eigenvalue weighted by Crippen LogP contribution is 2.35. The minimum absolute atomic E-state index is 0.0990. The number of hydrogen-bond acceptors (Lipinski definition) is 3. The highest BCUT2D eigenvalue weighted by Gasteiger charge is 2.16. The lowest BCUT2D eigenvalue weighted by atomic mass is 10.1. The second-order valence-electron chi connectivity index (χ2n) is 5.32. The van der Waals surface area contributed by atoms with Gasteiger partial charge in [0.05, 0.1) is 22.3 Å². The summed E-state index contributed by atoms with van der Waals surface area (Å²) in [4.78, 5) is 4.71. The maximum absolute atomic E-state index is 10.2. The zero-order valence-electron chi connectivity index (χ0n) is 12.3. The zero-order chi connectivity index (χ0) is 15.0. The van der Waals surface area contributed by atoms with Gasteiger partial charge in [-0.15, -0.1) is 0 Å². The molecule has 0 aliphatic rings. The molecule has 0 unspecified atom stereocenters. The molecule has 0 atom stereocenters. The zero-order valence-corrected chi connectivity index (χ0v) is 12.3. The van der Waals surface area contributed by atoms with Gasteiger partial charge in [-0.2, -0.15) is 0 Å². The average molecular weight is 281 g/mol. The van der Waals surface area contributed by atoms with Crippen LogP contribution in [0.25, 0.3) is 22.4 Å². The topological polar surface area (TPSA) is 64.1 Å². The fraction of sp³-hybridized carbons (Fsp3) is 0.235. The number of imidazole rings is 1. The van der Waals surface area contributed by atoms with E-state index in [0.29, 0.717) is 11.3 Å². The number of fused-ring (bicyclic) bond motifs is 1. The van der Waals surface area contributed by atoms with E-state index >= 15 is 0 Å². The number of aromatic nitrogens is 2. The van der Waals surface area contributed by atoms with Crippen LogP contribution in [0.5, 0.6) is 5.75 Å². The van der Waals surface area contributed by atoms with Gasteiger partial charge in [0.2, 0.25) is 0 Å². The predicted octanol–water partition coefficient (Wildman–Crippen LogP) is 3.71. The SMILES string of the molecule is CCCn1c(-c2cccc(N)c2O)nc2cc(C)ccc21. The van der Waals surface area contributed by atoms with Gasteiger partial charge in [-0.05, 0) is 43.2 Å². The summed E-state index contributed by atoms with van der Waals surface area (Å²) in [5.41, 5.74) is 10.1. The summed E-state index contributed by atoms with van der Waals surface area (Å²) in [6, 6.07) is 11.6. The quantitative estimate of drug-likeness (QED) is 0.568. The molecule has 4 heteroatoms. The lowest BCUT2D eigenvalue weighted by Crippen LogP contribution is -2.00. The number of para-hydroxylation sites is 1. The van der Waals surface area contributed by atoms with Gasteiger partial charge >= 0.3 is 0 Å². The molecule has 1 heterocycles. The van der Waals surface area contributed by atoms with Crippen LogP contribution in [0.1, 0.15) is 18.9 Å². The summed E-state index contributed by atoms with van der Waals surface area (Å²) in [7, 11) is 0. The van der Waals surface area contributed by atoms with Crippen molar-refractivity contribution in [2.75, 3.05) is 5.73 Å². The first-order valence-electron chi connectivity index (χ1n) is 7.16. The molecule has 0 amide bonds. The molecule has 0 aliphatic carbocycles. The molecule has 108 valence electrons. The smallest absolute Gasteiger partial charge is 0.149 e. The van der Waals surface area contributed by atoms with Gasteiger partial charge in [0.25, 0.3) is 0 Å². The van der Waals surface area contributed by atoms with Crippen LogP contribution in [0.3, 0.4) is 0 Å². The van der Waals surface area contributed by atoms with E-state index in [1.54, 1.807) is 6.07 Å². The van der Waals surface area contributed by atoms with Crippen molar-refractivity contribution in [3.8, 4) is 17.1 Å². The first-order valence-corrected chi connectivity index (χ1v) is 7.16. The molecule has 0 saturated carbocycles. The highest BCUT2D eigenvalue weighted by atomic mass is 16.3. The van der Waals surface area contributed by atoms with Crippen LogP contribution in [0.15, 0.2) is 36.4 Å². The van der Waals surface area contributed by atoms with Crippen molar-refractivity contribution in [3.63, 3.8) is 0 Å². The van der Waals surface area contributed by atoms with Crippen molar-refractivity contribution in [1.29, 1.82) is 0 Å². The van der Waals surface area contributed by atoms with Crippen molar-refractivity contribution < 1.29 is 5.11 Å². The van der Waals surface area contributed by atoms with Crippen LogP contribution in [-0.2, 0) is 6.54 Å². The maximum Gasteiger partial charge on any atom is 0.149 e. The number of nitrogens with two attached hydrogens (primary N) is 1. The molecule has 0 bridgehead atoms. The van der Waals surface area contributed by atoms with Crippen LogP contribution in [-0.4, -0.2) is 14.7 Å². The van der Waals surface area contributed by atoms with Gasteiger partial charge in [-0.25, -0.2) is 4.98 Å². The molecule has 0 saturated heterocycles. The molecule has 2 aromatic carbocycles. The summed E-state index contributed by atoms with van der Waals surface area (Å²) >= 11 is 0. The number of benzene rings is 2. The fourth-order valence-corrected chi connectivity index (χ4v) is 2.64. The molecule has 0 aliphatic heterocycles. The molecule has 0 fully saturated rings. The summed E-state index contributed by atoms with van der Waals surface area (Å²) in [6.45, 7) is 5.03. The van der Waals surface area contributed by atoms with Gasteiger partial charge in [0.15, 0.2) is 0 Å². The average Bonchev–Trinajstić information content (AvgIpc) is 2.80. The Hall–Kier alpha value is -2.49. The van der Waals surface area contributed by atoms with E-state index in [1.807, 2.05) is 12.1 Å². The largest absolute Gasteiger partial charge is 0.505 e. The number of rotatable bonds is 3. The van der Waals surface area contributed by atoms with Crippen molar-refractivity contribution in [2.24, 2.45) is 0 Å². The maximum atomic E-state index is 10.2. The number of nitrogens with zero attached hydrogens (tertiary/aromatic N) is 2. The molecule has 0 radical (unpaired) electrons. The van der Waals surface area contributed by atoms with Gasteiger partial charge in [0, 0.05) is 6.54 Å². The van der Waals surface area contributed by atoms with Crippen molar-refractivity contribution >= 4 is 16.7 Å². The second-order valence-corrected chi connectivity index (χ2v) is 5.32. The Bertz CT molecular complexity index is 805. The van der Waals surface area contributed by atoms with Crippen molar-refractivity contribution in [2.45, 2.75) is 26.8 Å². The number of nitrogen functional groups attached to an aromatic ring is 1. The lowest BCUT2D eigenvalue weighted by molar-refractivity contribution is 0.479. The number of aromatic hydroxyl groups is 1. The van der Waals surface area contributed by atoms with Crippen LogP contribution >= 0.6 is 0 Å². The normalized spacial score (nSPS) is 11.1. The van der Waals surface area contributed by atoms with Crippen LogP contribution in [0.2, 0.25) is 0 Å². The number of aryl methyl sites for hydroxylation is 2. The van der Waals surface area contributed by atoms with Gasteiger partial charge in [-0.3, -0.25) is 0 Å². The predicted molar refractivity (Wildman–Crippen MR) is 86.3 cm³/mol. The monoisotopic (exact) mass is 281 g/mol. The molecule has 0 spiro atoms. The summed E-state index contributed by atoms with van der Waals surface area (Å²) in [5, 5.41) is 10.2. The Labute approximate surface area is 123 Å². The Balaban J connectivity index is 2.30. The van der Waals surface area contributed by atoms with E-state index in [-0.39, 0.29) is 5.75 Å². The first kappa shape index (κ1) is 13.5. The number of anilines is 1. The molecule has 3 N–H and O–H groups in total. The van der Waals surface area contributed by atoms with E-state index in [2.05, 4.69) is 36.6 Å². The van der Waals surface area contributed by atoms with E-state index in [0.717, 1.165) is 29.8 Å². The Kier molecular flexibility index (Phi) is 3.29. The number of phenolic OH excluding ortho intramolecular Hbond substituents is 1. The van der Waals surface area contributed by atoms with E-state index < -0.39 is 0 Å². The van der Waals surface area contributed by atoms with Crippen molar-refractivity contribution in [1.82, 2.24) is 9.55 Å². The van der Waals surface area contributed by atoms with E-state index in [9.17, 15) is 5.11 Å². The molecular formula is C17H19N3O. The third-order valence-corrected chi connectivity index (χ3v) is 3.66. The van der Waals surface area contributed by atoms with Crippen molar-refractivity contribution in [3.05, 3.63) is 42.0 Å². The molecule has 3 rings (SSSR count). The van der Waals surface area contributed by atoms with Crippen LogP contribution < -0.4 is 5.73 Å². The second kappa shape index (κ2) is 5.13. The molecule has 1 aromatic heterocycles. The highest BCUT2D eigenvalue weighted by molar-refractivity contribution is 5.84. The van der Waals surface area contributed by atoms with Gasteiger partial charge in [-0.1, -0.05) is 19.1 Å².